The van der Waals surface area contributed by atoms with E-state index < -0.39 is 6.10 Å². The van der Waals surface area contributed by atoms with Crippen molar-refractivity contribution < 1.29 is 19.0 Å². The molecule has 0 fully saturated rings. The van der Waals surface area contributed by atoms with Crippen LogP contribution in [0.4, 0.5) is 0 Å². The number of ether oxygens (including phenoxy) is 3. The molecule has 1 heterocycles. The molecule has 5 heteroatoms. The molecule has 0 aromatic heterocycles. The molecule has 0 aliphatic carbocycles. The lowest BCUT2D eigenvalue weighted by Crippen LogP contribution is -2.44. The lowest BCUT2D eigenvalue weighted by atomic mass is 10.2. The van der Waals surface area contributed by atoms with Gasteiger partial charge in [-0.15, -0.1) is 0 Å². The first-order chi connectivity index (χ1) is 7.81. The molecule has 1 aromatic carbocycles. The largest absolute Gasteiger partial charge is 0.485 e. The summed E-state index contributed by atoms with van der Waals surface area (Å²) in [5.41, 5.74) is 0. The molecular formula is C11H13NO4. The van der Waals surface area contributed by atoms with Gasteiger partial charge in [-0.1, -0.05) is 12.1 Å². The smallest absolute Gasteiger partial charge is 0.266 e. The summed E-state index contributed by atoms with van der Waals surface area (Å²) in [5.74, 6) is 1.01. The van der Waals surface area contributed by atoms with Crippen LogP contribution >= 0.6 is 0 Å². The fraction of sp³-hybridized carbons (Fsp3) is 0.364. The van der Waals surface area contributed by atoms with Gasteiger partial charge >= 0.3 is 0 Å². The van der Waals surface area contributed by atoms with Gasteiger partial charge in [0.05, 0.1) is 0 Å². The quantitative estimate of drug-likeness (QED) is 0.760. The number of carbonyl (C=O) groups excluding carboxylic acids is 1. The van der Waals surface area contributed by atoms with Crippen LogP contribution in [0.25, 0.3) is 0 Å². The Morgan fingerprint density at radius 3 is 3.00 bits per heavy atom. The molecular weight excluding hydrogens is 210 g/mol. The van der Waals surface area contributed by atoms with Crippen LogP contribution < -0.4 is 14.8 Å². The average Bonchev–Trinajstić information content (AvgIpc) is 2.35. The van der Waals surface area contributed by atoms with Crippen molar-refractivity contribution in [1.82, 2.24) is 5.32 Å². The summed E-state index contributed by atoms with van der Waals surface area (Å²) in [5, 5.41) is 2.57. The Balaban J connectivity index is 1.99. The van der Waals surface area contributed by atoms with E-state index in [-0.39, 0.29) is 19.2 Å². The molecule has 5 nitrogen and oxygen atoms in total. The molecule has 1 atom stereocenters. The standard InChI is InChI=1S/C11H13NO4/c1-14-7-12-11(13)10-6-15-8-4-2-3-5-9(8)16-10/h2-5,10H,6-7H2,1H3,(H,12,13)/t10-/m0/s1. The van der Waals surface area contributed by atoms with Gasteiger partial charge in [0.25, 0.3) is 5.91 Å². The lowest BCUT2D eigenvalue weighted by molar-refractivity contribution is -0.131. The minimum absolute atomic E-state index is 0.167. The van der Waals surface area contributed by atoms with Crippen molar-refractivity contribution in [2.75, 3.05) is 20.4 Å². The van der Waals surface area contributed by atoms with E-state index >= 15 is 0 Å². The van der Waals surface area contributed by atoms with Gasteiger partial charge in [-0.05, 0) is 12.1 Å². The summed E-state index contributed by atoms with van der Waals surface area (Å²) in [6, 6.07) is 7.26. The van der Waals surface area contributed by atoms with Crippen molar-refractivity contribution in [1.29, 1.82) is 0 Å². The average molecular weight is 223 g/mol. The van der Waals surface area contributed by atoms with Gasteiger partial charge in [0.2, 0.25) is 6.10 Å². The highest BCUT2D eigenvalue weighted by atomic mass is 16.6. The van der Waals surface area contributed by atoms with Gasteiger partial charge in [0.15, 0.2) is 11.5 Å². The molecule has 1 aliphatic heterocycles. The number of hydrogen-bond acceptors (Lipinski definition) is 4. The molecule has 0 unspecified atom stereocenters. The number of amides is 1. The Bertz CT molecular complexity index is 380. The van der Waals surface area contributed by atoms with Crippen LogP contribution in [0.5, 0.6) is 11.5 Å². The van der Waals surface area contributed by atoms with E-state index in [1.54, 1.807) is 12.1 Å². The van der Waals surface area contributed by atoms with Crippen LogP contribution in [0, 0.1) is 0 Å². The third-order valence-electron chi connectivity index (χ3n) is 2.19. The van der Waals surface area contributed by atoms with Crippen LogP contribution in [-0.2, 0) is 9.53 Å². The molecule has 16 heavy (non-hydrogen) atoms. The van der Waals surface area contributed by atoms with Crippen molar-refractivity contribution in [3.63, 3.8) is 0 Å². The van der Waals surface area contributed by atoms with E-state index in [1.807, 2.05) is 12.1 Å². The van der Waals surface area contributed by atoms with Crippen LogP contribution in [0.3, 0.4) is 0 Å². The predicted molar refractivity (Wildman–Crippen MR) is 56.4 cm³/mol. The van der Waals surface area contributed by atoms with Gasteiger partial charge in [0, 0.05) is 7.11 Å². The fourth-order valence-electron chi connectivity index (χ4n) is 1.41. The van der Waals surface area contributed by atoms with Crippen molar-refractivity contribution in [3.05, 3.63) is 24.3 Å². The predicted octanol–water partition coefficient (Wildman–Crippen LogP) is 0.546. The van der Waals surface area contributed by atoms with Crippen LogP contribution in [-0.4, -0.2) is 32.5 Å². The van der Waals surface area contributed by atoms with Crippen LogP contribution in [0.2, 0.25) is 0 Å². The second-order valence-electron chi connectivity index (χ2n) is 3.34. The number of carbonyl (C=O) groups is 1. The van der Waals surface area contributed by atoms with Crippen molar-refractivity contribution in [2.45, 2.75) is 6.10 Å². The molecule has 0 radical (unpaired) electrons. The molecule has 86 valence electrons. The number of methoxy groups -OCH3 is 1. The van der Waals surface area contributed by atoms with Crippen molar-refractivity contribution in [3.8, 4) is 11.5 Å². The summed E-state index contributed by atoms with van der Waals surface area (Å²) < 4.78 is 15.7. The Morgan fingerprint density at radius 1 is 1.50 bits per heavy atom. The number of para-hydroxylation sites is 2. The van der Waals surface area contributed by atoms with Gasteiger partial charge in [-0.25, -0.2) is 0 Å². The van der Waals surface area contributed by atoms with E-state index in [2.05, 4.69) is 5.32 Å². The summed E-state index contributed by atoms with van der Waals surface area (Å²) in [6.07, 6.45) is -0.620. The monoisotopic (exact) mass is 223 g/mol. The van der Waals surface area contributed by atoms with E-state index in [1.165, 1.54) is 7.11 Å². The van der Waals surface area contributed by atoms with E-state index in [0.717, 1.165) is 0 Å². The fourth-order valence-corrected chi connectivity index (χ4v) is 1.41. The topological polar surface area (TPSA) is 56.8 Å². The first kappa shape index (κ1) is 10.8. The van der Waals surface area contributed by atoms with Gasteiger partial charge < -0.3 is 19.5 Å². The minimum Gasteiger partial charge on any atom is -0.485 e. The number of benzene rings is 1. The highest BCUT2D eigenvalue weighted by Crippen LogP contribution is 2.30. The zero-order valence-electron chi connectivity index (χ0n) is 8.93. The summed E-state index contributed by atoms with van der Waals surface area (Å²) in [6.45, 7) is 0.382. The first-order valence-electron chi connectivity index (χ1n) is 4.96. The number of nitrogens with one attached hydrogen (secondary N) is 1. The van der Waals surface area contributed by atoms with Crippen LogP contribution in [0.15, 0.2) is 24.3 Å². The molecule has 0 spiro atoms. The lowest BCUT2D eigenvalue weighted by Gasteiger charge is -2.25. The maximum atomic E-state index is 11.6. The minimum atomic E-state index is -0.620. The third-order valence-corrected chi connectivity index (χ3v) is 2.19. The van der Waals surface area contributed by atoms with Crippen LogP contribution in [0.1, 0.15) is 0 Å². The Labute approximate surface area is 93.3 Å². The van der Waals surface area contributed by atoms with Gasteiger partial charge in [-0.2, -0.15) is 0 Å². The van der Waals surface area contributed by atoms with Crippen molar-refractivity contribution in [2.24, 2.45) is 0 Å². The van der Waals surface area contributed by atoms with E-state index in [0.29, 0.717) is 11.5 Å². The molecule has 0 saturated carbocycles. The molecule has 2 rings (SSSR count). The highest BCUT2D eigenvalue weighted by Gasteiger charge is 2.26. The maximum Gasteiger partial charge on any atom is 0.266 e. The van der Waals surface area contributed by atoms with E-state index in [4.69, 9.17) is 14.2 Å². The molecule has 0 bridgehead atoms. The van der Waals surface area contributed by atoms with Gasteiger partial charge in [0.1, 0.15) is 13.3 Å². The number of rotatable bonds is 3. The molecule has 0 saturated heterocycles. The van der Waals surface area contributed by atoms with Crippen molar-refractivity contribution >= 4 is 5.91 Å². The molecule has 1 aromatic rings. The van der Waals surface area contributed by atoms with E-state index in [9.17, 15) is 4.79 Å². The zero-order valence-corrected chi connectivity index (χ0v) is 8.93. The Morgan fingerprint density at radius 2 is 2.25 bits per heavy atom. The first-order valence-corrected chi connectivity index (χ1v) is 4.96. The normalized spacial score (nSPS) is 17.9. The molecule has 1 amide bonds. The SMILES string of the molecule is COCNC(=O)[C@@H]1COc2ccccc2O1. The Kier molecular flexibility index (Phi) is 3.26. The zero-order chi connectivity index (χ0) is 11.4. The second-order valence-corrected chi connectivity index (χ2v) is 3.34. The Hall–Kier alpha value is -1.75. The second kappa shape index (κ2) is 4.85. The highest BCUT2D eigenvalue weighted by molar-refractivity contribution is 5.81. The molecule has 1 aliphatic rings. The summed E-state index contributed by atoms with van der Waals surface area (Å²) >= 11 is 0. The third kappa shape index (κ3) is 2.25. The number of hydrogen-bond donors (Lipinski definition) is 1. The number of fused-ring (bicyclic) bond motifs is 1. The maximum absolute atomic E-state index is 11.6. The summed E-state index contributed by atoms with van der Waals surface area (Å²) in [4.78, 5) is 11.6. The summed E-state index contributed by atoms with van der Waals surface area (Å²) in [7, 11) is 1.51. The van der Waals surface area contributed by atoms with Gasteiger partial charge in [-0.3, -0.25) is 4.79 Å². The molecule has 1 N–H and O–H groups in total.